The van der Waals surface area contributed by atoms with E-state index in [4.69, 9.17) is 33.2 Å². The number of aromatic amines is 2. The molecule has 2 aromatic heterocycles. The van der Waals surface area contributed by atoms with Crippen LogP contribution in [0, 0.1) is 11.3 Å². The molecule has 1 aromatic carbocycles. The van der Waals surface area contributed by atoms with Gasteiger partial charge in [-0.3, -0.25) is 14.6 Å². The van der Waals surface area contributed by atoms with Gasteiger partial charge >= 0.3 is 5.69 Å². The molecule has 4 rings (SSSR count). The molecule has 0 fully saturated rings. The molecule has 1 aliphatic carbocycles. The standard InChI is InChI=1S/C18H14B2Cl2N6O4/c1-5-2-3-6-8(5)17(26-25-15(6)29)32-14-11(21)9(19)13(10(20)12(14)22)28-18(31)24-16(30)7(4-23)27-28/h5H,2-3,19-20H2,1H3,(H,25,29)(H,24,30,31). The van der Waals surface area contributed by atoms with E-state index in [1.165, 1.54) is 0 Å². The van der Waals surface area contributed by atoms with Crippen LogP contribution in [0.3, 0.4) is 0 Å². The van der Waals surface area contributed by atoms with Gasteiger partial charge in [0.15, 0.2) is 5.75 Å². The van der Waals surface area contributed by atoms with Gasteiger partial charge in [0.1, 0.15) is 21.8 Å². The van der Waals surface area contributed by atoms with E-state index >= 15 is 0 Å². The summed E-state index contributed by atoms with van der Waals surface area (Å²) >= 11 is 13.1. The normalized spacial score (nSPS) is 14.8. The van der Waals surface area contributed by atoms with Crippen molar-refractivity contribution >= 4 is 49.8 Å². The van der Waals surface area contributed by atoms with E-state index in [1.54, 1.807) is 21.8 Å². The highest BCUT2D eigenvalue weighted by atomic mass is 35.5. The topological polar surface area (TPSA) is 147 Å². The minimum atomic E-state index is -0.895. The number of nitrogens with one attached hydrogen (secondary N) is 2. The summed E-state index contributed by atoms with van der Waals surface area (Å²) in [6, 6.07) is 1.63. The molecule has 32 heavy (non-hydrogen) atoms. The summed E-state index contributed by atoms with van der Waals surface area (Å²) < 4.78 is 6.86. The van der Waals surface area contributed by atoms with Crippen molar-refractivity contribution in [3.63, 3.8) is 0 Å². The van der Waals surface area contributed by atoms with Crippen LogP contribution in [0.2, 0.25) is 10.0 Å². The molecule has 2 heterocycles. The van der Waals surface area contributed by atoms with E-state index in [-0.39, 0.29) is 38.8 Å². The zero-order valence-electron chi connectivity index (χ0n) is 17.2. The Morgan fingerprint density at radius 1 is 1.19 bits per heavy atom. The highest BCUT2D eigenvalue weighted by molar-refractivity contribution is 6.55. The van der Waals surface area contributed by atoms with Crippen LogP contribution in [-0.2, 0) is 6.42 Å². The second kappa shape index (κ2) is 8.00. The van der Waals surface area contributed by atoms with E-state index in [0.717, 1.165) is 11.1 Å². The van der Waals surface area contributed by atoms with Crippen LogP contribution in [0.15, 0.2) is 14.4 Å². The number of fused-ring (bicyclic) bond motifs is 1. The van der Waals surface area contributed by atoms with Gasteiger partial charge < -0.3 is 4.74 Å². The molecule has 0 radical (unpaired) electrons. The zero-order valence-corrected chi connectivity index (χ0v) is 18.7. The maximum Gasteiger partial charge on any atom is 0.349 e. The molecule has 14 heteroatoms. The molecule has 160 valence electrons. The van der Waals surface area contributed by atoms with Crippen molar-refractivity contribution in [3.05, 3.63) is 58.1 Å². The maximum atomic E-state index is 12.4. The molecule has 0 saturated carbocycles. The van der Waals surface area contributed by atoms with Crippen molar-refractivity contribution in [3.8, 4) is 23.4 Å². The molecule has 0 aliphatic heterocycles. The van der Waals surface area contributed by atoms with Gasteiger partial charge in [-0.15, -0.1) is 10.2 Å². The van der Waals surface area contributed by atoms with Crippen molar-refractivity contribution in [1.82, 2.24) is 25.0 Å². The molecular formula is C18H14B2Cl2N6O4. The monoisotopic (exact) mass is 470 g/mol. The van der Waals surface area contributed by atoms with Gasteiger partial charge in [-0.1, -0.05) is 30.1 Å². The summed E-state index contributed by atoms with van der Waals surface area (Å²) in [5.41, 5.74) is -0.204. The number of H-pyrrole nitrogens is 2. The predicted molar refractivity (Wildman–Crippen MR) is 123 cm³/mol. The van der Waals surface area contributed by atoms with Crippen LogP contribution in [0.1, 0.15) is 36.1 Å². The van der Waals surface area contributed by atoms with E-state index < -0.39 is 16.9 Å². The number of benzene rings is 1. The Kier molecular flexibility index (Phi) is 5.48. The van der Waals surface area contributed by atoms with Crippen molar-refractivity contribution in [1.29, 1.82) is 5.26 Å². The van der Waals surface area contributed by atoms with Crippen molar-refractivity contribution in [2.45, 2.75) is 25.7 Å². The highest BCUT2D eigenvalue weighted by Crippen LogP contribution is 2.40. The fourth-order valence-corrected chi connectivity index (χ4v) is 4.37. The third kappa shape index (κ3) is 3.34. The SMILES string of the molecule is Bc1c(Cl)c(Oc2n[nH]c(=O)c3c2C(C)CC3)c(Cl)c(B)c1-n1nc(C#N)c(=O)[nH]c1=O. The van der Waals surface area contributed by atoms with Gasteiger partial charge in [0.25, 0.3) is 11.1 Å². The third-order valence-corrected chi connectivity index (χ3v) is 6.43. The van der Waals surface area contributed by atoms with E-state index in [0.29, 0.717) is 28.5 Å². The molecule has 2 N–H and O–H groups in total. The molecule has 0 saturated heterocycles. The average molecular weight is 471 g/mol. The van der Waals surface area contributed by atoms with Crippen LogP contribution >= 0.6 is 23.2 Å². The summed E-state index contributed by atoms with van der Waals surface area (Å²) in [5, 5.41) is 19.6. The first-order valence-corrected chi connectivity index (χ1v) is 10.3. The summed E-state index contributed by atoms with van der Waals surface area (Å²) in [6.07, 6.45) is 1.41. The summed E-state index contributed by atoms with van der Waals surface area (Å²) in [5.74, 6) is 0.374. The lowest BCUT2D eigenvalue weighted by Crippen LogP contribution is -2.39. The van der Waals surface area contributed by atoms with Gasteiger partial charge in [-0.25, -0.2) is 9.89 Å². The summed E-state index contributed by atoms with van der Waals surface area (Å²) in [7, 11) is 3.24. The lowest BCUT2D eigenvalue weighted by Gasteiger charge is -2.19. The van der Waals surface area contributed by atoms with Gasteiger partial charge in [-0.2, -0.15) is 9.94 Å². The molecule has 3 aromatic rings. The Balaban J connectivity index is 1.91. The fraction of sp³-hybridized carbons (Fsp3) is 0.222. The number of rotatable bonds is 3. The van der Waals surface area contributed by atoms with Crippen molar-refractivity contribution in [2.75, 3.05) is 0 Å². The Labute approximate surface area is 192 Å². The number of hydrogen-bond acceptors (Lipinski definition) is 7. The molecule has 10 nitrogen and oxygen atoms in total. The van der Waals surface area contributed by atoms with Gasteiger partial charge in [0.2, 0.25) is 11.6 Å². The first-order chi connectivity index (χ1) is 15.1. The number of nitriles is 1. The number of aromatic nitrogens is 5. The lowest BCUT2D eigenvalue weighted by atomic mass is 9.84. The minimum Gasteiger partial charge on any atom is -0.434 e. The number of halogens is 2. The van der Waals surface area contributed by atoms with Crippen LogP contribution in [0.5, 0.6) is 11.6 Å². The Bertz CT molecular complexity index is 1480. The van der Waals surface area contributed by atoms with Crippen molar-refractivity contribution < 1.29 is 4.74 Å². The van der Waals surface area contributed by atoms with E-state index in [1.807, 2.05) is 11.9 Å². The Hall–Kier alpha value is -3.29. The second-order valence-electron chi connectivity index (χ2n) is 7.48. The number of nitrogens with zero attached hydrogens (tertiary/aromatic N) is 4. The van der Waals surface area contributed by atoms with Crippen LogP contribution in [-0.4, -0.2) is 40.7 Å². The summed E-state index contributed by atoms with van der Waals surface area (Å²) in [6.45, 7) is 1.98. The fourth-order valence-electron chi connectivity index (χ4n) is 3.87. The molecule has 0 bridgehead atoms. The Morgan fingerprint density at radius 3 is 2.47 bits per heavy atom. The molecule has 1 atom stereocenters. The molecule has 1 unspecified atom stereocenters. The zero-order chi connectivity index (χ0) is 23.3. The first-order valence-electron chi connectivity index (χ1n) is 9.57. The van der Waals surface area contributed by atoms with Gasteiger partial charge in [0, 0.05) is 11.1 Å². The van der Waals surface area contributed by atoms with Crippen LogP contribution in [0.4, 0.5) is 0 Å². The quantitative estimate of drug-likeness (QED) is 0.445. The van der Waals surface area contributed by atoms with E-state index in [2.05, 4.69) is 15.3 Å². The molecule has 0 spiro atoms. The first kappa shape index (κ1) is 21.9. The van der Waals surface area contributed by atoms with E-state index in [9.17, 15) is 14.4 Å². The van der Waals surface area contributed by atoms with Crippen LogP contribution in [0.25, 0.3) is 5.69 Å². The average Bonchev–Trinajstić information content (AvgIpc) is 3.15. The Morgan fingerprint density at radius 2 is 1.84 bits per heavy atom. The second-order valence-corrected chi connectivity index (χ2v) is 8.24. The summed E-state index contributed by atoms with van der Waals surface area (Å²) in [4.78, 5) is 38.2. The van der Waals surface area contributed by atoms with Crippen molar-refractivity contribution in [2.24, 2.45) is 0 Å². The maximum absolute atomic E-state index is 12.4. The smallest absolute Gasteiger partial charge is 0.349 e. The lowest BCUT2D eigenvalue weighted by molar-refractivity contribution is 0.445. The predicted octanol–water partition coefficient (Wildman–Crippen LogP) is -1.46. The third-order valence-electron chi connectivity index (χ3n) is 5.52. The molecular weight excluding hydrogens is 457 g/mol. The molecule has 1 aliphatic rings. The number of hydrogen-bond donors (Lipinski definition) is 2. The molecule has 0 amide bonds. The van der Waals surface area contributed by atoms with Gasteiger partial charge in [-0.05, 0) is 29.7 Å². The van der Waals surface area contributed by atoms with Crippen LogP contribution < -0.4 is 32.5 Å². The highest BCUT2D eigenvalue weighted by Gasteiger charge is 2.29. The van der Waals surface area contributed by atoms with Gasteiger partial charge in [0.05, 0.1) is 15.7 Å². The largest absolute Gasteiger partial charge is 0.434 e. The minimum absolute atomic E-state index is 0.0714. The number of ether oxygens (including phenoxy) is 1.